The van der Waals surface area contributed by atoms with Crippen LogP contribution in [0.25, 0.3) is 22.3 Å². The second-order valence-corrected chi connectivity index (χ2v) is 9.33. The molecule has 0 radical (unpaired) electrons. The van der Waals surface area contributed by atoms with E-state index in [1.54, 1.807) is 73.8 Å². The average molecular weight is 599 g/mol. The van der Waals surface area contributed by atoms with Gasteiger partial charge in [0.2, 0.25) is 0 Å². The molecule has 11 heteroatoms. The van der Waals surface area contributed by atoms with E-state index in [1.165, 1.54) is 35.2 Å². The predicted molar refractivity (Wildman–Crippen MR) is 153 cm³/mol. The van der Waals surface area contributed by atoms with Crippen LogP contribution in [0, 0.1) is 10.1 Å². The molecule has 0 aliphatic heterocycles. The smallest absolute Gasteiger partial charge is 0.343 e. The van der Waals surface area contributed by atoms with E-state index in [2.05, 4.69) is 26.0 Å². The molecule has 5 aromatic rings. The lowest BCUT2D eigenvalue weighted by Gasteiger charge is -2.11. The molecule has 0 unspecified atom stereocenters. The van der Waals surface area contributed by atoms with E-state index in [-0.39, 0.29) is 22.6 Å². The van der Waals surface area contributed by atoms with Crippen LogP contribution < -0.4 is 15.0 Å². The van der Waals surface area contributed by atoms with E-state index < -0.39 is 10.9 Å². The van der Waals surface area contributed by atoms with Crippen LogP contribution in [0.1, 0.15) is 15.9 Å². The van der Waals surface area contributed by atoms with Crippen LogP contribution in [0.5, 0.6) is 11.5 Å². The third-order valence-electron chi connectivity index (χ3n) is 5.90. The summed E-state index contributed by atoms with van der Waals surface area (Å²) in [7, 11) is 1.56. The third-order valence-corrected chi connectivity index (χ3v) is 6.40. The Kier molecular flexibility index (Phi) is 7.47. The molecule has 1 aromatic heterocycles. The molecule has 198 valence electrons. The summed E-state index contributed by atoms with van der Waals surface area (Å²) in [6, 6.07) is 24.0. The number of nitrogens with zero attached hydrogens (tertiary/aromatic N) is 4. The molecule has 0 aliphatic rings. The van der Waals surface area contributed by atoms with E-state index in [0.29, 0.717) is 38.1 Å². The second kappa shape index (κ2) is 11.3. The number of methoxy groups -OCH3 is 1. The van der Waals surface area contributed by atoms with Gasteiger partial charge in [0.15, 0.2) is 5.82 Å². The van der Waals surface area contributed by atoms with Crippen molar-refractivity contribution in [2.45, 2.75) is 0 Å². The number of hydrogen-bond donors (Lipinski definition) is 0. The van der Waals surface area contributed by atoms with Crippen LogP contribution in [0.3, 0.4) is 0 Å². The number of non-ortho nitro benzene ring substituents is 1. The number of nitro groups is 1. The molecule has 0 saturated carbocycles. The number of benzene rings is 4. The molecular formula is C29H19BrN4O6. The van der Waals surface area contributed by atoms with Crippen LogP contribution in [-0.4, -0.2) is 33.9 Å². The summed E-state index contributed by atoms with van der Waals surface area (Å²) in [5.41, 5.74) is 1.16. The highest BCUT2D eigenvalue weighted by Gasteiger charge is 2.15. The highest BCUT2D eigenvalue weighted by atomic mass is 79.9. The first-order chi connectivity index (χ1) is 19.3. The van der Waals surface area contributed by atoms with E-state index >= 15 is 0 Å². The van der Waals surface area contributed by atoms with Crippen LogP contribution in [0.15, 0.2) is 105 Å². The molecule has 1 heterocycles. The van der Waals surface area contributed by atoms with Gasteiger partial charge in [-0.05, 0) is 66.7 Å². The molecule has 5 rings (SSSR count). The summed E-state index contributed by atoms with van der Waals surface area (Å²) in [4.78, 5) is 41.3. The Balaban J connectivity index is 1.55. The topological polar surface area (TPSA) is 126 Å². The average Bonchev–Trinajstić information content (AvgIpc) is 2.98. The molecule has 0 saturated heterocycles. The Labute approximate surface area is 235 Å². The molecule has 0 spiro atoms. The van der Waals surface area contributed by atoms with Crippen LogP contribution in [0.4, 0.5) is 5.69 Å². The van der Waals surface area contributed by atoms with Crippen molar-refractivity contribution in [3.8, 4) is 22.9 Å². The van der Waals surface area contributed by atoms with Crippen molar-refractivity contribution < 1.29 is 19.2 Å². The molecule has 0 atom stereocenters. The second-order valence-electron chi connectivity index (χ2n) is 8.42. The quantitative estimate of drug-likeness (QED) is 0.0756. The fourth-order valence-corrected chi connectivity index (χ4v) is 4.25. The molecule has 0 amide bonds. The molecule has 0 N–H and O–H groups in total. The van der Waals surface area contributed by atoms with Gasteiger partial charge < -0.3 is 9.47 Å². The Morgan fingerprint density at radius 2 is 1.75 bits per heavy atom. The summed E-state index contributed by atoms with van der Waals surface area (Å²) >= 11 is 3.41. The number of para-hydroxylation sites is 1. The summed E-state index contributed by atoms with van der Waals surface area (Å²) in [6.45, 7) is 0. The Morgan fingerprint density at radius 1 is 1.02 bits per heavy atom. The number of ether oxygens (including phenoxy) is 2. The van der Waals surface area contributed by atoms with Crippen molar-refractivity contribution in [3.05, 3.63) is 127 Å². The van der Waals surface area contributed by atoms with Gasteiger partial charge in [-0.3, -0.25) is 14.9 Å². The SMILES string of the molecule is COc1ccc(-c2nc3ccccc3c(=O)n2N=Cc2cc(Br)ccc2OC(=O)c2ccc([N+](=O)[O-])cc2)cc1. The minimum atomic E-state index is -0.713. The first-order valence-electron chi connectivity index (χ1n) is 11.8. The van der Waals surface area contributed by atoms with Gasteiger partial charge in [0.1, 0.15) is 11.5 Å². The number of esters is 1. The number of hydrogen-bond acceptors (Lipinski definition) is 8. The molecule has 0 bridgehead atoms. The number of fused-ring (bicyclic) bond motifs is 1. The summed E-state index contributed by atoms with van der Waals surface area (Å²) in [6.07, 6.45) is 1.40. The molecule has 40 heavy (non-hydrogen) atoms. The summed E-state index contributed by atoms with van der Waals surface area (Å²) in [5.74, 6) is 0.413. The summed E-state index contributed by atoms with van der Waals surface area (Å²) in [5, 5.41) is 15.8. The number of carbonyl (C=O) groups excluding carboxylic acids is 1. The first kappa shape index (κ1) is 26.4. The maximum atomic E-state index is 13.5. The molecule has 0 aliphatic carbocycles. The van der Waals surface area contributed by atoms with Gasteiger partial charge >= 0.3 is 5.97 Å². The first-order valence-corrected chi connectivity index (χ1v) is 12.6. The Hall–Kier alpha value is -5.16. The zero-order valence-corrected chi connectivity index (χ0v) is 22.4. The minimum absolute atomic E-state index is 0.133. The summed E-state index contributed by atoms with van der Waals surface area (Å²) < 4.78 is 12.7. The van der Waals surface area contributed by atoms with Crippen molar-refractivity contribution in [3.63, 3.8) is 0 Å². The maximum absolute atomic E-state index is 13.5. The van der Waals surface area contributed by atoms with E-state index in [4.69, 9.17) is 9.47 Å². The highest BCUT2D eigenvalue weighted by molar-refractivity contribution is 9.10. The maximum Gasteiger partial charge on any atom is 0.343 e. The largest absolute Gasteiger partial charge is 0.497 e. The predicted octanol–water partition coefficient (Wildman–Crippen LogP) is 5.84. The standard InChI is InChI=1S/C29H19BrN4O6/c1-39-23-13-8-18(9-14-23)27-32-25-5-3-2-4-24(25)28(35)33(27)31-17-20-16-21(30)10-15-26(20)40-29(36)19-6-11-22(12-7-19)34(37)38/h2-17H,1H3. The van der Waals surface area contributed by atoms with Gasteiger partial charge in [-0.25, -0.2) is 9.78 Å². The van der Waals surface area contributed by atoms with Crippen LogP contribution >= 0.6 is 15.9 Å². The normalized spacial score (nSPS) is 11.1. The van der Waals surface area contributed by atoms with Gasteiger partial charge in [0.25, 0.3) is 11.2 Å². The third kappa shape index (κ3) is 5.49. The number of carbonyl (C=O) groups is 1. The van der Waals surface area contributed by atoms with Crippen molar-refractivity contribution in [2.75, 3.05) is 7.11 Å². The lowest BCUT2D eigenvalue weighted by Crippen LogP contribution is -2.20. The van der Waals surface area contributed by atoms with Gasteiger partial charge in [-0.1, -0.05) is 28.1 Å². The van der Waals surface area contributed by atoms with Crippen LogP contribution in [-0.2, 0) is 0 Å². The van der Waals surface area contributed by atoms with Gasteiger partial charge in [0.05, 0.1) is 34.7 Å². The lowest BCUT2D eigenvalue weighted by atomic mass is 10.2. The van der Waals surface area contributed by atoms with Gasteiger partial charge in [-0.15, -0.1) is 0 Å². The number of rotatable bonds is 7. The Bertz CT molecular complexity index is 1830. The van der Waals surface area contributed by atoms with Gasteiger partial charge in [0, 0.05) is 27.7 Å². The monoisotopic (exact) mass is 598 g/mol. The van der Waals surface area contributed by atoms with E-state index in [0.717, 1.165) is 0 Å². The fraction of sp³-hybridized carbons (Fsp3) is 0.0345. The lowest BCUT2D eigenvalue weighted by molar-refractivity contribution is -0.384. The molecule has 4 aromatic carbocycles. The van der Waals surface area contributed by atoms with E-state index in [1.807, 2.05) is 0 Å². The van der Waals surface area contributed by atoms with E-state index in [9.17, 15) is 19.7 Å². The zero-order valence-electron chi connectivity index (χ0n) is 20.9. The Morgan fingerprint density at radius 3 is 2.45 bits per heavy atom. The molecule has 10 nitrogen and oxygen atoms in total. The molecule has 0 fully saturated rings. The van der Waals surface area contributed by atoms with Crippen molar-refractivity contribution >= 4 is 44.7 Å². The van der Waals surface area contributed by atoms with Crippen molar-refractivity contribution in [2.24, 2.45) is 5.10 Å². The fourth-order valence-electron chi connectivity index (χ4n) is 3.87. The van der Waals surface area contributed by atoms with Gasteiger partial charge in [-0.2, -0.15) is 9.78 Å². The molecular weight excluding hydrogens is 580 g/mol. The number of halogens is 1. The highest BCUT2D eigenvalue weighted by Crippen LogP contribution is 2.25. The van der Waals surface area contributed by atoms with Crippen LogP contribution in [0.2, 0.25) is 0 Å². The minimum Gasteiger partial charge on any atom is -0.497 e. The number of aromatic nitrogens is 2. The zero-order chi connectivity index (χ0) is 28.2. The van der Waals surface area contributed by atoms with Crippen molar-refractivity contribution in [1.29, 1.82) is 0 Å². The van der Waals surface area contributed by atoms with Crippen molar-refractivity contribution in [1.82, 2.24) is 9.66 Å². The number of nitro benzene ring substituents is 1.